The Hall–Kier alpha value is -0.681. The van der Waals surface area contributed by atoms with Crippen LogP contribution in [0.25, 0.3) is 0 Å². The fourth-order valence-electron chi connectivity index (χ4n) is 1.91. The summed E-state index contributed by atoms with van der Waals surface area (Å²) in [7, 11) is 0. The summed E-state index contributed by atoms with van der Waals surface area (Å²) in [4.78, 5) is 43.2. The summed E-state index contributed by atoms with van der Waals surface area (Å²) in [5.41, 5.74) is 6.88. The first-order valence-electron chi connectivity index (χ1n) is 5.37. The molecule has 0 aliphatic heterocycles. The monoisotopic (exact) mass is 372 g/mol. The summed E-state index contributed by atoms with van der Waals surface area (Å²) >= 11 is 0. The first-order valence-corrected chi connectivity index (χ1v) is 5.37. The van der Waals surface area contributed by atoms with Crippen LogP contribution in [0.1, 0.15) is 27.1 Å². The molecule has 0 fully saturated rings. The van der Waals surface area contributed by atoms with Crippen molar-refractivity contribution >= 4 is 23.9 Å². The van der Waals surface area contributed by atoms with Crippen molar-refractivity contribution in [2.45, 2.75) is 36.8 Å². The Morgan fingerprint density at radius 1 is 0.682 bits per heavy atom. The minimum absolute atomic E-state index is 0. The van der Waals surface area contributed by atoms with Crippen molar-refractivity contribution in [3.05, 3.63) is 0 Å². The van der Waals surface area contributed by atoms with E-state index < -0.39 is 60.6 Å². The van der Waals surface area contributed by atoms with Gasteiger partial charge in [0.25, 0.3) is 0 Å². The molecule has 0 bridgehead atoms. The van der Waals surface area contributed by atoms with Crippen molar-refractivity contribution < 1.29 is 87.7 Å². The first kappa shape index (κ1) is 26.2. The largest absolute Gasteiger partial charge is 1.00 e. The van der Waals surface area contributed by atoms with Crippen LogP contribution in [0.5, 0.6) is 0 Å². The fourth-order valence-corrected chi connectivity index (χ4v) is 1.91. The smallest absolute Gasteiger partial charge is 1.00 e. The van der Waals surface area contributed by atoms with Crippen molar-refractivity contribution in [2.24, 2.45) is 11.5 Å². The van der Waals surface area contributed by atoms with Gasteiger partial charge in [-0.2, -0.15) is 0 Å². The second kappa shape index (κ2) is 10.2. The van der Waals surface area contributed by atoms with Crippen molar-refractivity contribution in [2.75, 3.05) is 0 Å². The van der Waals surface area contributed by atoms with Gasteiger partial charge in [0.1, 0.15) is 0 Å². The molecule has 0 saturated carbocycles. The van der Waals surface area contributed by atoms with E-state index in [9.17, 15) is 19.2 Å². The molecule has 0 amide bonds. The number of carboxylic acids is 4. The molecule has 0 aliphatic carbocycles. The number of aliphatic carboxylic acids is 4. The molecule has 0 saturated heterocycles. The van der Waals surface area contributed by atoms with Crippen LogP contribution in [0.15, 0.2) is 0 Å². The Bertz CT molecular complexity index is 379. The Kier molecular flexibility index (Phi) is 12.1. The summed E-state index contributed by atoms with van der Waals surface area (Å²) < 4.78 is 0. The molecule has 124 valence electrons. The maximum Gasteiger partial charge on any atom is 1.00 e. The van der Waals surface area contributed by atoms with E-state index in [1.54, 1.807) is 0 Å². The Morgan fingerprint density at radius 2 is 0.818 bits per heavy atom. The topological polar surface area (TPSA) is 201 Å². The summed E-state index contributed by atoms with van der Waals surface area (Å²) in [5, 5.41) is 35.1. The zero-order valence-electron chi connectivity index (χ0n) is 12.8. The van der Waals surface area contributed by atoms with Crippen molar-refractivity contribution in [3.8, 4) is 0 Å². The van der Waals surface area contributed by atoms with Crippen LogP contribution in [0.3, 0.4) is 0 Å². The normalized spacial score (nSPS) is 10.8. The van der Waals surface area contributed by atoms with E-state index in [1.165, 1.54) is 0 Å². The van der Waals surface area contributed by atoms with Crippen LogP contribution in [0.2, 0.25) is 0 Å². The summed E-state index contributed by atoms with van der Waals surface area (Å²) in [6.07, 6.45) is -3.90. The van der Waals surface area contributed by atoms with Gasteiger partial charge in [0.05, 0.1) is 36.8 Å². The molecule has 10 nitrogen and oxygen atoms in total. The Balaban J connectivity index is -0.000000602. The maximum atomic E-state index is 10.8. The van der Waals surface area contributed by atoms with Gasteiger partial charge in [-0.3, -0.25) is 19.2 Å². The predicted octanol–water partition coefficient (Wildman–Crippen LogP) is -4.61. The molecule has 0 unspecified atom stereocenters. The van der Waals surface area contributed by atoms with E-state index in [-0.39, 0.29) is 48.1 Å². The van der Waals surface area contributed by atoms with Crippen LogP contribution in [-0.4, -0.2) is 55.4 Å². The predicted molar refractivity (Wildman–Crippen MR) is 64.0 cm³/mol. The van der Waals surface area contributed by atoms with E-state index in [0.717, 1.165) is 0 Å². The van der Waals surface area contributed by atoms with Crippen LogP contribution in [0, 0.1) is 0 Å². The van der Waals surface area contributed by atoms with Gasteiger partial charge in [-0.1, -0.05) is 0 Å². The van der Waals surface area contributed by atoms with Crippen LogP contribution < -0.4 is 41.0 Å². The molecule has 0 aliphatic rings. The molecule has 0 aromatic rings. The zero-order valence-corrected chi connectivity index (χ0v) is 14.9. The quantitative estimate of drug-likeness (QED) is 0.214. The second-order valence-electron chi connectivity index (χ2n) is 4.59. The van der Waals surface area contributed by atoms with Crippen molar-refractivity contribution in [1.82, 2.24) is 0 Å². The average Bonchev–Trinajstić information content (AvgIpc) is 2.10. The minimum Gasteiger partial charge on any atom is -1.00 e. The first-order chi connectivity index (χ1) is 8.92. The van der Waals surface area contributed by atoms with Gasteiger partial charge in [-0.15, -0.1) is 0 Å². The van der Waals surface area contributed by atoms with E-state index in [2.05, 4.69) is 0 Å². The third-order valence-electron chi connectivity index (χ3n) is 2.86. The van der Waals surface area contributed by atoms with Gasteiger partial charge in [0.15, 0.2) is 0 Å². The average molecular weight is 372 g/mol. The third kappa shape index (κ3) is 8.08. The van der Waals surface area contributed by atoms with Crippen LogP contribution >= 0.6 is 0 Å². The molecule has 0 spiro atoms. The molecular formula is C10H17FeN2NaO8. The standard InChI is InChI=1S/C10H16N2O8.Fe.Na.H/c11-9(1-5(13)14,2-6(15)16)10(12,3-7(17)18)4-8(19)20;;;/h1-4,11-12H2,(H,13,14)(H,15,16)(H,17,18)(H,19,20);;;/q;;+1;-1. The number of carbonyl (C=O) groups is 4. The summed E-state index contributed by atoms with van der Waals surface area (Å²) in [5.74, 6) is -6.06. The van der Waals surface area contributed by atoms with Gasteiger partial charge in [0, 0.05) is 17.1 Å². The Labute approximate surface area is 159 Å². The molecule has 0 atom stereocenters. The van der Waals surface area contributed by atoms with E-state index in [1.807, 2.05) is 0 Å². The molecular weight excluding hydrogens is 355 g/mol. The fraction of sp³-hybridized carbons (Fsp3) is 0.600. The third-order valence-corrected chi connectivity index (χ3v) is 2.86. The number of hydrogen-bond acceptors (Lipinski definition) is 6. The zero-order chi connectivity index (χ0) is 16.1. The SMILES string of the molecule is NC(CC(=O)O)(CC(=O)O)C(N)(CC(=O)O)CC(=O)O.[Fe].[H-].[Na+]. The number of carboxylic acid groups (broad SMARTS) is 4. The van der Waals surface area contributed by atoms with Gasteiger partial charge in [-0.25, -0.2) is 0 Å². The van der Waals surface area contributed by atoms with Gasteiger partial charge >= 0.3 is 53.4 Å². The van der Waals surface area contributed by atoms with Gasteiger partial charge < -0.3 is 33.3 Å². The number of hydrogen-bond donors (Lipinski definition) is 6. The number of rotatable bonds is 9. The molecule has 0 rings (SSSR count). The molecule has 0 radical (unpaired) electrons. The summed E-state index contributed by atoms with van der Waals surface area (Å²) in [6, 6.07) is 0. The van der Waals surface area contributed by atoms with E-state index in [0.29, 0.717) is 0 Å². The van der Waals surface area contributed by atoms with Crippen LogP contribution in [-0.2, 0) is 36.2 Å². The molecule has 0 aromatic carbocycles. The second-order valence-corrected chi connectivity index (χ2v) is 4.59. The maximum absolute atomic E-state index is 10.8. The van der Waals surface area contributed by atoms with Crippen molar-refractivity contribution in [3.63, 3.8) is 0 Å². The molecule has 8 N–H and O–H groups in total. The summed E-state index contributed by atoms with van der Waals surface area (Å²) in [6.45, 7) is 0. The molecule has 0 aromatic heterocycles. The molecule has 12 heteroatoms. The molecule has 0 heterocycles. The van der Waals surface area contributed by atoms with E-state index in [4.69, 9.17) is 31.9 Å². The van der Waals surface area contributed by atoms with Crippen LogP contribution in [0.4, 0.5) is 0 Å². The van der Waals surface area contributed by atoms with Gasteiger partial charge in [0.2, 0.25) is 0 Å². The molecule has 22 heavy (non-hydrogen) atoms. The number of nitrogens with two attached hydrogens (primary N) is 2. The van der Waals surface area contributed by atoms with Gasteiger partial charge in [-0.05, 0) is 0 Å². The Morgan fingerprint density at radius 3 is 0.909 bits per heavy atom. The van der Waals surface area contributed by atoms with E-state index >= 15 is 0 Å². The minimum atomic E-state index is -2.22. The van der Waals surface area contributed by atoms with Crippen molar-refractivity contribution in [1.29, 1.82) is 0 Å².